The standard InChI is InChI=1S/C15H20N4O3S/c1-11-8-17-19(2)15(11)23(20,21)18-14-10-22-9-13(14)7-12-3-5-16-6-4-12/h3-6,8,13-14,18H,7,9-10H2,1-2H3/t13-,14-/m1/s1. The molecule has 0 spiro atoms. The molecule has 2 aromatic heterocycles. The highest BCUT2D eigenvalue weighted by Gasteiger charge is 2.33. The Bertz CT molecular complexity index is 754. The first-order valence-electron chi connectivity index (χ1n) is 7.45. The van der Waals surface area contributed by atoms with E-state index in [-0.39, 0.29) is 17.0 Å². The van der Waals surface area contributed by atoms with Gasteiger partial charge in [0.05, 0.1) is 25.5 Å². The number of rotatable bonds is 5. The first-order chi connectivity index (χ1) is 11.0. The van der Waals surface area contributed by atoms with Crippen LogP contribution in [0.2, 0.25) is 0 Å². The van der Waals surface area contributed by atoms with Gasteiger partial charge in [-0.05, 0) is 31.0 Å². The van der Waals surface area contributed by atoms with Crippen molar-refractivity contribution in [2.24, 2.45) is 13.0 Å². The molecule has 0 aliphatic carbocycles. The molecule has 0 unspecified atom stereocenters. The summed E-state index contributed by atoms with van der Waals surface area (Å²) >= 11 is 0. The minimum atomic E-state index is -3.63. The van der Waals surface area contributed by atoms with Crippen molar-refractivity contribution in [3.8, 4) is 0 Å². The Hall–Kier alpha value is -1.77. The Labute approximate surface area is 135 Å². The van der Waals surface area contributed by atoms with E-state index in [4.69, 9.17) is 4.74 Å². The van der Waals surface area contributed by atoms with Gasteiger partial charge in [-0.15, -0.1) is 0 Å². The molecule has 3 rings (SSSR count). The SMILES string of the molecule is Cc1cnn(C)c1S(=O)(=O)N[C@@H]1COC[C@H]1Cc1ccncc1. The molecule has 2 atom stereocenters. The highest BCUT2D eigenvalue weighted by Crippen LogP contribution is 2.22. The van der Waals surface area contributed by atoms with Gasteiger partial charge in [0.1, 0.15) is 0 Å². The number of hydrogen-bond donors (Lipinski definition) is 1. The lowest BCUT2D eigenvalue weighted by molar-refractivity contribution is 0.183. The molecule has 3 heterocycles. The second kappa shape index (κ2) is 6.38. The maximum absolute atomic E-state index is 12.7. The third kappa shape index (κ3) is 3.44. The van der Waals surface area contributed by atoms with E-state index in [1.807, 2.05) is 12.1 Å². The molecule has 1 aliphatic rings. The molecule has 1 saturated heterocycles. The maximum Gasteiger partial charge on any atom is 0.258 e. The first-order valence-corrected chi connectivity index (χ1v) is 8.93. The molecule has 124 valence electrons. The largest absolute Gasteiger partial charge is 0.379 e. The van der Waals surface area contributed by atoms with Gasteiger partial charge in [-0.1, -0.05) is 0 Å². The van der Waals surface area contributed by atoms with E-state index in [0.29, 0.717) is 18.8 Å². The van der Waals surface area contributed by atoms with Crippen LogP contribution in [0.15, 0.2) is 35.7 Å². The van der Waals surface area contributed by atoms with Gasteiger partial charge >= 0.3 is 0 Å². The minimum Gasteiger partial charge on any atom is -0.379 e. The zero-order valence-corrected chi connectivity index (χ0v) is 14.0. The maximum atomic E-state index is 12.7. The third-order valence-corrected chi connectivity index (χ3v) is 5.77. The van der Waals surface area contributed by atoms with Crippen LogP contribution in [0.1, 0.15) is 11.1 Å². The smallest absolute Gasteiger partial charge is 0.258 e. The van der Waals surface area contributed by atoms with Gasteiger partial charge in [0, 0.05) is 30.9 Å². The fourth-order valence-electron chi connectivity index (χ4n) is 2.93. The zero-order valence-electron chi connectivity index (χ0n) is 13.1. The summed E-state index contributed by atoms with van der Waals surface area (Å²) < 4.78 is 35.0. The Morgan fingerprint density at radius 1 is 1.35 bits per heavy atom. The summed E-state index contributed by atoms with van der Waals surface area (Å²) in [6.45, 7) is 2.66. The van der Waals surface area contributed by atoms with E-state index < -0.39 is 10.0 Å². The van der Waals surface area contributed by atoms with E-state index in [9.17, 15) is 8.42 Å². The van der Waals surface area contributed by atoms with E-state index >= 15 is 0 Å². The average Bonchev–Trinajstić information content (AvgIpc) is 3.07. The summed E-state index contributed by atoms with van der Waals surface area (Å²) in [6.07, 6.45) is 5.78. The summed E-state index contributed by atoms with van der Waals surface area (Å²) in [4.78, 5) is 4.00. The molecule has 0 bridgehead atoms. The summed E-state index contributed by atoms with van der Waals surface area (Å²) in [5, 5.41) is 4.20. The third-order valence-electron chi connectivity index (χ3n) is 4.06. The molecule has 0 radical (unpaired) electrons. The molecular formula is C15H20N4O3S. The van der Waals surface area contributed by atoms with Crippen molar-refractivity contribution in [2.45, 2.75) is 24.4 Å². The summed E-state index contributed by atoms with van der Waals surface area (Å²) in [6, 6.07) is 3.63. The summed E-state index contributed by atoms with van der Waals surface area (Å²) in [5.74, 6) is 0.0979. The van der Waals surface area contributed by atoms with Gasteiger partial charge in [-0.2, -0.15) is 5.10 Å². The van der Waals surface area contributed by atoms with Crippen LogP contribution in [0.3, 0.4) is 0 Å². The number of nitrogens with zero attached hydrogens (tertiary/aromatic N) is 3. The lowest BCUT2D eigenvalue weighted by atomic mass is 9.96. The number of aromatic nitrogens is 3. The van der Waals surface area contributed by atoms with Gasteiger partial charge in [0.2, 0.25) is 0 Å². The Kier molecular flexibility index (Phi) is 4.47. The van der Waals surface area contributed by atoms with Crippen molar-refractivity contribution in [3.63, 3.8) is 0 Å². The number of hydrogen-bond acceptors (Lipinski definition) is 5. The fourth-order valence-corrected chi connectivity index (χ4v) is 4.57. The van der Waals surface area contributed by atoms with E-state index in [1.165, 1.54) is 4.68 Å². The highest BCUT2D eigenvalue weighted by molar-refractivity contribution is 7.89. The molecule has 1 aliphatic heterocycles. The van der Waals surface area contributed by atoms with Crippen LogP contribution in [-0.2, 0) is 28.2 Å². The lowest BCUT2D eigenvalue weighted by Crippen LogP contribution is -2.41. The van der Waals surface area contributed by atoms with Gasteiger partial charge in [-0.3, -0.25) is 9.67 Å². The molecule has 0 saturated carbocycles. The van der Waals surface area contributed by atoms with Crippen molar-refractivity contribution in [1.29, 1.82) is 0 Å². The van der Waals surface area contributed by atoms with Crippen LogP contribution < -0.4 is 4.72 Å². The zero-order chi connectivity index (χ0) is 16.4. The van der Waals surface area contributed by atoms with Crippen molar-refractivity contribution in [3.05, 3.63) is 41.9 Å². The van der Waals surface area contributed by atoms with Crippen molar-refractivity contribution in [1.82, 2.24) is 19.5 Å². The molecule has 8 heteroatoms. The van der Waals surface area contributed by atoms with E-state index in [0.717, 1.165) is 12.0 Å². The number of pyridine rings is 1. The van der Waals surface area contributed by atoms with Crippen LogP contribution in [0.25, 0.3) is 0 Å². The number of ether oxygens (including phenoxy) is 1. The summed E-state index contributed by atoms with van der Waals surface area (Å²) in [5.41, 5.74) is 1.75. The second-order valence-corrected chi connectivity index (χ2v) is 7.47. The topological polar surface area (TPSA) is 86.1 Å². The molecule has 2 aromatic rings. The average molecular weight is 336 g/mol. The predicted octanol–water partition coefficient (Wildman–Crippen LogP) is 0.660. The molecular weight excluding hydrogens is 316 g/mol. The van der Waals surface area contributed by atoms with Crippen LogP contribution in [0.4, 0.5) is 0 Å². The van der Waals surface area contributed by atoms with Crippen LogP contribution in [0, 0.1) is 12.8 Å². The van der Waals surface area contributed by atoms with Gasteiger partial charge < -0.3 is 4.74 Å². The van der Waals surface area contributed by atoms with Crippen molar-refractivity contribution < 1.29 is 13.2 Å². The number of sulfonamides is 1. The lowest BCUT2D eigenvalue weighted by Gasteiger charge is -2.19. The van der Waals surface area contributed by atoms with Gasteiger partial charge in [0.15, 0.2) is 5.03 Å². The van der Waals surface area contributed by atoms with Gasteiger partial charge in [0.25, 0.3) is 10.0 Å². The molecule has 0 aromatic carbocycles. The quantitative estimate of drug-likeness (QED) is 0.867. The molecule has 1 N–H and O–H groups in total. The van der Waals surface area contributed by atoms with Crippen LogP contribution in [-0.4, -0.2) is 42.4 Å². The fraction of sp³-hybridized carbons (Fsp3) is 0.467. The summed E-state index contributed by atoms with van der Waals surface area (Å²) in [7, 11) is -2.00. The molecule has 23 heavy (non-hydrogen) atoms. The van der Waals surface area contributed by atoms with E-state index in [1.54, 1.807) is 32.6 Å². The monoisotopic (exact) mass is 336 g/mol. The highest BCUT2D eigenvalue weighted by atomic mass is 32.2. The molecule has 7 nitrogen and oxygen atoms in total. The normalized spacial score (nSPS) is 21.7. The van der Waals surface area contributed by atoms with Crippen molar-refractivity contribution >= 4 is 10.0 Å². The Morgan fingerprint density at radius 2 is 2.09 bits per heavy atom. The second-order valence-electron chi connectivity index (χ2n) is 5.84. The molecule has 0 amide bonds. The number of aryl methyl sites for hydroxylation is 2. The van der Waals surface area contributed by atoms with E-state index in [2.05, 4.69) is 14.8 Å². The molecule has 1 fully saturated rings. The van der Waals surface area contributed by atoms with Crippen LogP contribution >= 0.6 is 0 Å². The predicted molar refractivity (Wildman–Crippen MR) is 84.3 cm³/mol. The van der Waals surface area contributed by atoms with Crippen LogP contribution in [0.5, 0.6) is 0 Å². The minimum absolute atomic E-state index is 0.0979. The number of nitrogens with one attached hydrogen (secondary N) is 1. The first kappa shape index (κ1) is 16.1. The van der Waals surface area contributed by atoms with Gasteiger partial charge in [-0.25, -0.2) is 13.1 Å². The van der Waals surface area contributed by atoms with Crippen molar-refractivity contribution in [2.75, 3.05) is 13.2 Å². The Balaban J connectivity index is 1.76. The Morgan fingerprint density at radius 3 is 2.74 bits per heavy atom.